The van der Waals surface area contributed by atoms with Crippen molar-refractivity contribution in [3.8, 4) is 0 Å². The molecule has 1 aliphatic rings. The zero-order valence-electron chi connectivity index (χ0n) is 25.8. The fourth-order valence-electron chi connectivity index (χ4n) is 5.49. The highest BCUT2D eigenvalue weighted by atomic mass is 19.2. The first-order valence-electron chi connectivity index (χ1n) is 14.9. The second kappa shape index (κ2) is 14.0. The van der Waals surface area contributed by atoms with Crippen LogP contribution in [0.3, 0.4) is 0 Å². The van der Waals surface area contributed by atoms with E-state index in [9.17, 15) is 36.7 Å². The molecule has 0 saturated carbocycles. The molecule has 2 heterocycles. The third kappa shape index (κ3) is 7.59. The molecule has 244 valence electrons. The maximum atomic E-state index is 14.5. The molecule has 1 saturated heterocycles. The van der Waals surface area contributed by atoms with Gasteiger partial charge in [-0.15, -0.1) is 0 Å². The number of halogens is 4. The molecule has 4 aromatic rings. The standard InChI is InChI=1S/C35H32F4N4O4/c1-40(2)26-7-9-27(10-8-26)41-12-14-42(15-13-41)35(47)31(45)19-30(44)28-18-23(16-24-6-11-29(37)33(39)32(24)38)21-43(34(28)46)20-22-4-3-5-25(36)17-22/h3-11,17-18,21H,12-16,19-20H2,1-2H3. The predicted molar refractivity (Wildman–Crippen MR) is 169 cm³/mol. The van der Waals surface area contributed by atoms with Crippen molar-refractivity contribution in [3.05, 3.63) is 129 Å². The van der Waals surface area contributed by atoms with Crippen LogP contribution in [0.1, 0.15) is 33.5 Å². The summed E-state index contributed by atoms with van der Waals surface area (Å²) in [5.74, 6) is -7.80. The summed E-state index contributed by atoms with van der Waals surface area (Å²) in [6.07, 6.45) is 0.0796. The number of carbonyl (C=O) groups is 3. The number of carbonyl (C=O) groups excluding carboxylic acids is 3. The largest absolute Gasteiger partial charge is 0.378 e. The van der Waals surface area contributed by atoms with Crippen LogP contribution in [0.4, 0.5) is 28.9 Å². The van der Waals surface area contributed by atoms with E-state index in [1.54, 1.807) is 6.07 Å². The van der Waals surface area contributed by atoms with Crippen LogP contribution in [0.2, 0.25) is 0 Å². The molecule has 1 fully saturated rings. The van der Waals surface area contributed by atoms with Crippen LogP contribution in [0.5, 0.6) is 0 Å². The Kier molecular flexibility index (Phi) is 9.88. The Labute approximate surface area is 268 Å². The van der Waals surface area contributed by atoms with Crippen molar-refractivity contribution in [2.75, 3.05) is 50.1 Å². The Hall–Kier alpha value is -5.26. The van der Waals surface area contributed by atoms with Crippen molar-refractivity contribution in [1.29, 1.82) is 0 Å². The molecule has 5 rings (SSSR count). The van der Waals surface area contributed by atoms with E-state index in [-0.39, 0.29) is 37.2 Å². The van der Waals surface area contributed by atoms with E-state index in [4.69, 9.17) is 0 Å². The van der Waals surface area contributed by atoms with Gasteiger partial charge >= 0.3 is 0 Å². The summed E-state index contributed by atoms with van der Waals surface area (Å²) in [5, 5.41) is 0. The van der Waals surface area contributed by atoms with Gasteiger partial charge in [-0.25, -0.2) is 17.6 Å². The predicted octanol–water partition coefficient (Wildman–Crippen LogP) is 4.60. The van der Waals surface area contributed by atoms with Gasteiger partial charge in [0.05, 0.1) is 18.5 Å². The van der Waals surface area contributed by atoms with E-state index in [0.29, 0.717) is 18.7 Å². The summed E-state index contributed by atoms with van der Waals surface area (Å²) < 4.78 is 56.9. The van der Waals surface area contributed by atoms with Crippen LogP contribution in [0.15, 0.2) is 77.7 Å². The highest BCUT2D eigenvalue weighted by Crippen LogP contribution is 2.22. The van der Waals surface area contributed by atoms with E-state index in [1.807, 2.05) is 43.3 Å². The van der Waals surface area contributed by atoms with Crippen molar-refractivity contribution in [1.82, 2.24) is 9.47 Å². The lowest BCUT2D eigenvalue weighted by Crippen LogP contribution is -2.51. The number of ketones is 2. The summed E-state index contributed by atoms with van der Waals surface area (Å²) in [6.45, 7) is 1.27. The number of benzene rings is 3. The van der Waals surface area contributed by atoms with E-state index in [0.717, 1.165) is 34.1 Å². The molecule has 47 heavy (non-hydrogen) atoms. The third-order valence-electron chi connectivity index (χ3n) is 8.05. The molecule has 0 spiro atoms. The molecule has 0 atom stereocenters. The minimum absolute atomic E-state index is 0.169. The second-order valence-corrected chi connectivity index (χ2v) is 11.5. The lowest BCUT2D eigenvalue weighted by molar-refractivity contribution is -0.144. The minimum atomic E-state index is -1.67. The van der Waals surface area contributed by atoms with Gasteiger partial charge in [0.1, 0.15) is 5.82 Å². The molecule has 0 aliphatic carbocycles. The van der Waals surface area contributed by atoms with E-state index in [2.05, 4.69) is 4.90 Å². The normalized spacial score (nSPS) is 13.1. The molecular weight excluding hydrogens is 616 g/mol. The number of rotatable bonds is 10. The van der Waals surface area contributed by atoms with Gasteiger partial charge in [0, 0.05) is 64.3 Å². The molecule has 0 N–H and O–H groups in total. The van der Waals surface area contributed by atoms with Gasteiger partial charge in [0.2, 0.25) is 5.78 Å². The van der Waals surface area contributed by atoms with Crippen LogP contribution in [0.25, 0.3) is 0 Å². The van der Waals surface area contributed by atoms with Crippen LogP contribution in [-0.4, -0.2) is 67.2 Å². The fraction of sp³-hybridized carbons (Fsp3) is 0.257. The quantitative estimate of drug-likeness (QED) is 0.0823. The Morgan fingerprint density at radius 1 is 0.809 bits per heavy atom. The molecule has 0 radical (unpaired) electrons. The summed E-state index contributed by atoms with van der Waals surface area (Å²) in [4.78, 5) is 58.2. The number of piperazine rings is 1. The van der Waals surface area contributed by atoms with Crippen LogP contribution < -0.4 is 15.4 Å². The van der Waals surface area contributed by atoms with Gasteiger partial charge in [-0.05, 0) is 65.2 Å². The van der Waals surface area contributed by atoms with E-state index < -0.39 is 58.3 Å². The number of Topliss-reactive ketones (excluding diaryl/α,β-unsaturated/α-hetero) is 2. The van der Waals surface area contributed by atoms with Crippen molar-refractivity contribution in [2.45, 2.75) is 19.4 Å². The fourth-order valence-corrected chi connectivity index (χ4v) is 5.49. The molecule has 1 aliphatic heterocycles. The molecule has 3 aromatic carbocycles. The first kappa shape index (κ1) is 33.1. The summed E-state index contributed by atoms with van der Waals surface area (Å²) in [5.41, 5.74) is 1.06. The molecule has 12 heteroatoms. The maximum Gasteiger partial charge on any atom is 0.290 e. The monoisotopic (exact) mass is 648 g/mol. The molecular formula is C35H32F4N4O4. The van der Waals surface area contributed by atoms with E-state index >= 15 is 0 Å². The number of amides is 1. The molecule has 0 bridgehead atoms. The van der Waals surface area contributed by atoms with Gasteiger partial charge in [-0.1, -0.05) is 18.2 Å². The first-order valence-corrected chi connectivity index (χ1v) is 14.9. The van der Waals surface area contributed by atoms with Gasteiger partial charge in [-0.2, -0.15) is 0 Å². The van der Waals surface area contributed by atoms with Crippen molar-refractivity contribution >= 4 is 28.8 Å². The highest BCUT2D eigenvalue weighted by molar-refractivity contribution is 6.40. The third-order valence-corrected chi connectivity index (χ3v) is 8.05. The molecule has 1 amide bonds. The number of aromatic nitrogens is 1. The maximum absolute atomic E-state index is 14.5. The zero-order valence-corrected chi connectivity index (χ0v) is 25.8. The Morgan fingerprint density at radius 3 is 2.17 bits per heavy atom. The number of hydrogen-bond donors (Lipinski definition) is 0. The number of hydrogen-bond acceptors (Lipinski definition) is 6. The van der Waals surface area contributed by atoms with Crippen LogP contribution in [0, 0.1) is 23.3 Å². The average Bonchev–Trinajstić information content (AvgIpc) is 3.06. The van der Waals surface area contributed by atoms with Crippen molar-refractivity contribution in [2.24, 2.45) is 0 Å². The van der Waals surface area contributed by atoms with E-state index in [1.165, 1.54) is 29.3 Å². The Morgan fingerprint density at radius 2 is 1.51 bits per heavy atom. The molecule has 0 unspecified atom stereocenters. The SMILES string of the molecule is CN(C)c1ccc(N2CCN(C(=O)C(=O)CC(=O)c3cc(Cc4ccc(F)c(F)c4F)cn(Cc4cccc(F)c4)c3=O)CC2)cc1. The zero-order chi connectivity index (χ0) is 33.8. The van der Waals surface area contributed by atoms with Crippen LogP contribution >= 0.6 is 0 Å². The van der Waals surface area contributed by atoms with Gasteiger partial charge in [0.15, 0.2) is 23.2 Å². The first-order chi connectivity index (χ1) is 22.4. The van der Waals surface area contributed by atoms with Crippen molar-refractivity contribution in [3.63, 3.8) is 0 Å². The smallest absolute Gasteiger partial charge is 0.290 e. The van der Waals surface area contributed by atoms with Gasteiger partial charge in [0.25, 0.3) is 11.5 Å². The minimum Gasteiger partial charge on any atom is -0.378 e. The Bertz CT molecular complexity index is 1880. The topological polar surface area (TPSA) is 82.9 Å². The lowest BCUT2D eigenvalue weighted by Gasteiger charge is -2.36. The van der Waals surface area contributed by atoms with Gasteiger partial charge in [-0.3, -0.25) is 19.2 Å². The molecule has 8 nitrogen and oxygen atoms in total. The summed E-state index contributed by atoms with van der Waals surface area (Å²) in [7, 11) is 3.88. The number of pyridine rings is 1. The van der Waals surface area contributed by atoms with Crippen LogP contribution in [-0.2, 0) is 22.6 Å². The summed E-state index contributed by atoms with van der Waals surface area (Å²) in [6, 6.07) is 16.3. The second-order valence-electron chi connectivity index (χ2n) is 11.5. The highest BCUT2D eigenvalue weighted by Gasteiger charge is 2.29. The van der Waals surface area contributed by atoms with Gasteiger partial charge < -0.3 is 19.3 Å². The number of anilines is 2. The molecule has 1 aromatic heterocycles. The number of nitrogens with zero attached hydrogens (tertiary/aromatic N) is 4. The Balaban J connectivity index is 1.33. The van der Waals surface area contributed by atoms with Crippen molar-refractivity contribution < 1.29 is 31.9 Å². The summed E-state index contributed by atoms with van der Waals surface area (Å²) >= 11 is 0. The lowest BCUT2D eigenvalue weighted by atomic mass is 10.0. The average molecular weight is 649 g/mol.